The Morgan fingerprint density at radius 3 is 2.35 bits per heavy atom. The molecule has 3 heterocycles. The van der Waals surface area contributed by atoms with Crippen LogP contribution < -0.4 is 18.9 Å². The quantitative estimate of drug-likeness (QED) is 0.708. The summed E-state index contributed by atoms with van der Waals surface area (Å²) in [6.07, 6.45) is 0.822. The van der Waals surface area contributed by atoms with Gasteiger partial charge in [0.25, 0.3) is 0 Å². The number of hydrogen-bond acceptors (Lipinski definition) is 7. The molecular weight excluding hydrogens is 336 g/mol. The molecule has 2 aliphatic heterocycles. The summed E-state index contributed by atoms with van der Waals surface area (Å²) in [5.41, 5.74) is 1.88. The van der Waals surface area contributed by atoms with Crippen molar-refractivity contribution in [1.29, 1.82) is 0 Å². The predicted molar refractivity (Wildman–Crippen MR) is 90.6 cm³/mol. The van der Waals surface area contributed by atoms with E-state index in [-0.39, 0.29) is 19.5 Å². The first-order valence-corrected chi connectivity index (χ1v) is 8.45. The van der Waals surface area contributed by atoms with Gasteiger partial charge in [-0.1, -0.05) is 18.1 Å². The van der Waals surface area contributed by atoms with Crippen LogP contribution in [-0.2, 0) is 0 Å². The molecule has 0 fully saturated rings. The Kier molecular flexibility index (Phi) is 3.44. The summed E-state index contributed by atoms with van der Waals surface area (Å²) >= 11 is 0. The normalized spacial score (nSPS) is 15.3. The molecule has 0 N–H and O–H groups in total. The Balaban J connectivity index is 1.46. The Hall–Kier alpha value is -3.22. The molecule has 132 valence electrons. The first kappa shape index (κ1) is 15.1. The fourth-order valence-corrected chi connectivity index (χ4v) is 3.21. The van der Waals surface area contributed by atoms with Crippen molar-refractivity contribution in [1.82, 2.24) is 10.1 Å². The number of nitrogens with zero attached hydrogens (tertiary/aromatic N) is 2. The molecule has 7 nitrogen and oxygen atoms in total. The van der Waals surface area contributed by atoms with Crippen molar-refractivity contribution in [3.05, 3.63) is 47.9 Å². The van der Waals surface area contributed by atoms with Crippen LogP contribution in [0.3, 0.4) is 0 Å². The van der Waals surface area contributed by atoms with Crippen LogP contribution in [0.25, 0.3) is 11.4 Å². The van der Waals surface area contributed by atoms with Crippen molar-refractivity contribution in [3.8, 4) is 34.4 Å². The molecule has 1 unspecified atom stereocenters. The van der Waals surface area contributed by atoms with E-state index in [1.807, 2.05) is 36.4 Å². The lowest BCUT2D eigenvalue weighted by Gasteiger charge is -2.11. The number of aromatic nitrogens is 2. The van der Waals surface area contributed by atoms with Gasteiger partial charge in [0.05, 0.1) is 5.92 Å². The van der Waals surface area contributed by atoms with Gasteiger partial charge in [-0.05, 0) is 42.3 Å². The smallest absolute Gasteiger partial charge is 0.234 e. The Morgan fingerprint density at radius 1 is 0.885 bits per heavy atom. The number of ether oxygens (including phenoxy) is 4. The van der Waals surface area contributed by atoms with E-state index in [1.54, 1.807) is 0 Å². The molecule has 0 radical (unpaired) electrons. The van der Waals surface area contributed by atoms with Crippen molar-refractivity contribution in [2.24, 2.45) is 0 Å². The molecule has 26 heavy (non-hydrogen) atoms. The molecular formula is C19H16N2O5. The summed E-state index contributed by atoms with van der Waals surface area (Å²) < 4.78 is 27.2. The van der Waals surface area contributed by atoms with Gasteiger partial charge in [0, 0.05) is 5.56 Å². The molecule has 2 aliphatic rings. The highest BCUT2D eigenvalue weighted by Crippen LogP contribution is 2.38. The summed E-state index contributed by atoms with van der Waals surface area (Å²) in [6.45, 7) is 2.57. The van der Waals surface area contributed by atoms with Crippen LogP contribution >= 0.6 is 0 Å². The van der Waals surface area contributed by atoms with Crippen LogP contribution in [0.2, 0.25) is 0 Å². The van der Waals surface area contributed by atoms with Crippen LogP contribution in [0.4, 0.5) is 0 Å². The molecule has 0 spiro atoms. The number of benzene rings is 2. The van der Waals surface area contributed by atoms with Gasteiger partial charge in [-0.15, -0.1) is 0 Å². The fourth-order valence-electron chi connectivity index (χ4n) is 3.21. The summed E-state index contributed by atoms with van der Waals surface area (Å²) in [6, 6.07) is 11.5. The van der Waals surface area contributed by atoms with Gasteiger partial charge in [0.15, 0.2) is 23.0 Å². The van der Waals surface area contributed by atoms with Crippen molar-refractivity contribution in [2.75, 3.05) is 13.6 Å². The third-order valence-corrected chi connectivity index (χ3v) is 4.58. The van der Waals surface area contributed by atoms with Crippen LogP contribution in [0, 0.1) is 0 Å². The van der Waals surface area contributed by atoms with Crippen LogP contribution in [-0.4, -0.2) is 23.7 Å². The van der Waals surface area contributed by atoms with E-state index in [4.69, 9.17) is 23.5 Å². The Morgan fingerprint density at radius 2 is 1.58 bits per heavy atom. The topological polar surface area (TPSA) is 75.8 Å². The predicted octanol–water partition coefficient (Wildman–Crippen LogP) is 3.74. The maximum Gasteiger partial charge on any atom is 0.234 e. The lowest BCUT2D eigenvalue weighted by atomic mass is 9.96. The van der Waals surface area contributed by atoms with Gasteiger partial charge in [-0.25, -0.2) is 0 Å². The molecule has 0 saturated heterocycles. The van der Waals surface area contributed by atoms with Crippen molar-refractivity contribution < 1.29 is 23.5 Å². The van der Waals surface area contributed by atoms with Crippen molar-refractivity contribution in [3.63, 3.8) is 0 Å². The average Bonchev–Trinajstić information content (AvgIpc) is 3.41. The first-order valence-electron chi connectivity index (χ1n) is 8.45. The number of fused-ring (bicyclic) bond motifs is 2. The lowest BCUT2D eigenvalue weighted by molar-refractivity contribution is 0.173. The maximum absolute atomic E-state index is 5.56. The van der Waals surface area contributed by atoms with Gasteiger partial charge < -0.3 is 23.5 Å². The van der Waals surface area contributed by atoms with Crippen molar-refractivity contribution >= 4 is 0 Å². The molecule has 0 bridgehead atoms. The van der Waals surface area contributed by atoms with Crippen LogP contribution in [0.1, 0.15) is 30.7 Å². The Labute approximate surface area is 149 Å². The lowest BCUT2D eigenvalue weighted by Crippen LogP contribution is -2.00. The van der Waals surface area contributed by atoms with Crippen LogP contribution in [0.5, 0.6) is 23.0 Å². The molecule has 0 aliphatic carbocycles. The second kappa shape index (κ2) is 5.94. The van der Waals surface area contributed by atoms with E-state index in [0.29, 0.717) is 17.5 Å². The largest absolute Gasteiger partial charge is 0.454 e. The van der Waals surface area contributed by atoms with E-state index < -0.39 is 0 Å². The third-order valence-electron chi connectivity index (χ3n) is 4.58. The molecule has 0 amide bonds. The standard InChI is InChI=1S/C19H16N2O5/c1-2-13(11-3-5-14-16(7-11)24-9-22-14)19-20-18(21-26-19)12-4-6-15-17(8-12)25-10-23-15/h3-8,13H,2,9-10H2,1H3. The average molecular weight is 352 g/mol. The number of hydrogen-bond donors (Lipinski definition) is 0. The second-order valence-electron chi connectivity index (χ2n) is 6.10. The van der Waals surface area contributed by atoms with E-state index in [2.05, 4.69) is 17.1 Å². The summed E-state index contributed by atoms with van der Waals surface area (Å²) in [7, 11) is 0. The molecule has 5 rings (SSSR count). The first-order chi connectivity index (χ1) is 12.8. The fraction of sp³-hybridized carbons (Fsp3) is 0.263. The maximum atomic E-state index is 5.56. The highest BCUT2D eigenvalue weighted by atomic mass is 16.7. The minimum Gasteiger partial charge on any atom is -0.454 e. The van der Waals surface area contributed by atoms with Crippen molar-refractivity contribution in [2.45, 2.75) is 19.3 Å². The monoisotopic (exact) mass is 352 g/mol. The molecule has 0 saturated carbocycles. The summed E-state index contributed by atoms with van der Waals surface area (Å²) in [4.78, 5) is 4.60. The van der Waals surface area contributed by atoms with E-state index >= 15 is 0 Å². The van der Waals surface area contributed by atoms with Gasteiger partial charge in [-0.3, -0.25) is 0 Å². The van der Waals surface area contributed by atoms with Gasteiger partial charge in [0.2, 0.25) is 25.3 Å². The molecule has 2 aromatic carbocycles. The van der Waals surface area contributed by atoms with E-state index in [0.717, 1.165) is 34.8 Å². The summed E-state index contributed by atoms with van der Waals surface area (Å²) in [5, 5.41) is 4.14. The van der Waals surface area contributed by atoms with E-state index in [1.165, 1.54) is 0 Å². The molecule has 1 aromatic heterocycles. The zero-order valence-electron chi connectivity index (χ0n) is 14.1. The summed E-state index contributed by atoms with van der Waals surface area (Å²) in [5.74, 6) is 4.00. The number of rotatable bonds is 4. The zero-order valence-corrected chi connectivity index (χ0v) is 14.1. The Bertz CT molecular complexity index is 968. The SMILES string of the molecule is CCC(c1ccc2c(c1)OCO2)c1nc(-c2ccc3c(c2)OCO3)no1. The van der Waals surface area contributed by atoms with Gasteiger partial charge in [0.1, 0.15) is 0 Å². The van der Waals surface area contributed by atoms with Gasteiger partial charge >= 0.3 is 0 Å². The zero-order chi connectivity index (χ0) is 17.5. The second-order valence-corrected chi connectivity index (χ2v) is 6.10. The third kappa shape index (κ3) is 2.44. The molecule has 1 atom stereocenters. The van der Waals surface area contributed by atoms with Crippen LogP contribution in [0.15, 0.2) is 40.9 Å². The highest BCUT2D eigenvalue weighted by molar-refractivity contribution is 5.61. The molecule has 7 heteroatoms. The van der Waals surface area contributed by atoms with Gasteiger partial charge in [-0.2, -0.15) is 4.98 Å². The highest BCUT2D eigenvalue weighted by Gasteiger charge is 2.24. The van der Waals surface area contributed by atoms with E-state index in [9.17, 15) is 0 Å². The minimum atomic E-state index is -0.0141. The molecule has 3 aromatic rings. The minimum absolute atomic E-state index is 0.0141.